The van der Waals surface area contributed by atoms with E-state index in [2.05, 4.69) is 25.2 Å². The summed E-state index contributed by atoms with van der Waals surface area (Å²) in [5.74, 6) is -1.97. The minimum Gasteiger partial charge on any atom is -0.406 e. The molecule has 1 atom stereocenters. The van der Waals surface area contributed by atoms with Crippen LogP contribution in [0.3, 0.4) is 0 Å². The molecule has 2 N–H and O–H groups in total. The standard InChI is InChI=1S/C26H21F5N6O2/c27-19-3-7-22(23(28)10-19)25(38,14-37-16-32-15-34-37)13-36-12-18-9-20(4-8-24(18)35-36)33-11-17-1-5-21(6-2-17)39-26(29,30)31/h1-10,12,15-16,33,38H,11,13-14H2. The molecular formula is C26H21F5N6O2. The number of anilines is 1. The van der Waals surface area contributed by atoms with Crippen molar-refractivity contribution in [2.24, 2.45) is 0 Å². The molecule has 202 valence electrons. The second-order valence-electron chi connectivity index (χ2n) is 8.89. The third kappa shape index (κ3) is 6.32. The van der Waals surface area contributed by atoms with E-state index >= 15 is 0 Å². The van der Waals surface area contributed by atoms with Crippen LogP contribution in [0, 0.1) is 11.6 Å². The molecule has 0 fully saturated rings. The predicted molar refractivity (Wildman–Crippen MR) is 130 cm³/mol. The zero-order valence-corrected chi connectivity index (χ0v) is 20.1. The molecule has 0 amide bonds. The summed E-state index contributed by atoms with van der Waals surface area (Å²) in [7, 11) is 0. The number of nitrogens with one attached hydrogen (secondary N) is 1. The first-order valence-corrected chi connectivity index (χ1v) is 11.6. The maximum atomic E-state index is 14.7. The summed E-state index contributed by atoms with van der Waals surface area (Å²) in [6.07, 6.45) is -0.417. The van der Waals surface area contributed by atoms with Gasteiger partial charge in [-0.25, -0.2) is 18.4 Å². The van der Waals surface area contributed by atoms with Crippen molar-refractivity contribution < 1.29 is 31.8 Å². The highest BCUT2D eigenvalue weighted by Crippen LogP contribution is 2.30. The molecule has 5 aromatic rings. The van der Waals surface area contributed by atoms with Crippen LogP contribution in [-0.2, 0) is 25.2 Å². The van der Waals surface area contributed by atoms with Gasteiger partial charge >= 0.3 is 6.36 Å². The van der Waals surface area contributed by atoms with E-state index < -0.39 is 23.6 Å². The predicted octanol–water partition coefficient (Wildman–Crippen LogP) is 5.00. The molecule has 2 heterocycles. The van der Waals surface area contributed by atoms with E-state index in [1.165, 1.54) is 52.4 Å². The Kier molecular flexibility index (Phi) is 6.91. The Hall–Kier alpha value is -4.52. The maximum Gasteiger partial charge on any atom is 0.573 e. The van der Waals surface area contributed by atoms with Crippen LogP contribution in [0.15, 0.2) is 79.5 Å². The fourth-order valence-electron chi connectivity index (χ4n) is 4.22. The molecule has 0 aliphatic carbocycles. The monoisotopic (exact) mass is 544 g/mol. The van der Waals surface area contributed by atoms with Crippen molar-refractivity contribution in [2.45, 2.75) is 31.6 Å². The molecule has 0 saturated heterocycles. The lowest BCUT2D eigenvalue weighted by Crippen LogP contribution is -2.37. The second kappa shape index (κ2) is 10.3. The molecule has 0 aliphatic rings. The summed E-state index contributed by atoms with van der Waals surface area (Å²) in [5, 5.41) is 23.9. The topological polar surface area (TPSA) is 90.0 Å². The average Bonchev–Trinajstić information content (AvgIpc) is 3.51. The number of alkyl halides is 3. The molecule has 0 bridgehead atoms. The summed E-state index contributed by atoms with van der Waals surface area (Å²) >= 11 is 0. The van der Waals surface area contributed by atoms with E-state index in [-0.39, 0.29) is 24.4 Å². The molecule has 3 aromatic carbocycles. The van der Waals surface area contributed by atoms with Gasteiger partial charge in [0, 0.05) is 35.4 Å². The van der Waals surface area contributed by atoms with Crippen LogP contribution >= 0.6 is 0 Å². The van der Waals surface area contributed by atoms with E-state index in [4.69, 9.17) is 0 Å². The Morgan fingerprint density at radius 3 is 2.38 bits per heavy atom. The van der Waals surface area contributed by atoms with Gasteiger partial charge < -0.3 is 15.2 Å². The van der Waals surface area contributed by atoms with Gasteiger partial charge in [-0.2, -0.15) is 10.2 Å². The molecule has 0 radical (unpaired) electrons. The molecule has 39 heavy (non-hydrogen) atoms. The molecule has 5 rings (SSSR count). The van der Waals surface area contributed by atoms with Gasteiger partial charge in [-0.3, -0.25) is 4.68 Å². The van der Waals surface area contributed by atoms with Crippen LogP contribution in [0.25, 0.3) is 10.9 Å². The fourth-order valence-corrected chi connectivity index (χ4v) is 4.22. The summed E-state index contributed by atoms with van der Waals surface area (Å²) in [5.41, 5.74) is 0.112. The summed E-state index contributed by atoms with van der Waals surface area (Å²) in [6.45, 7) is 0.0119. The van der Waals surface area contributed by atoms with E-state index in [0.29, 0.717) is 18.1 Å². The van der Waals surface area contributed by atoms with Crippen molar-refractivity contribution in [3.8, 4) is 5.75 Å². The third-order valence-corrected chi connectivity index (χ3v) is 5.95. The SMILES string of the molecule is OC(Cn1cncn1)(Cn1cc2cc(NCc3ccc(OC(F)(F)F)cc3)ccc2n1)c1ccc(F)cc1F. The molecule has 0 aliphatic heterocycles. The largest absolute Gasteiger partial charge is 0.573 e. The van der Waals surface area contributed by atoms with Gasteiger partial charge in [-0.15, -0.1) is 13.2 Å². The van der Waals surface area contributed by atoms with Crippen LogP contribution in [-0.4, -0.2) is 36.0 Å². The van der Waals surface area contributed by atoms with Crippen LogP contribution < -0.4 is 10.1 Å². The summed E-state index contributed by atoms with van der Waals surface area (Å²) in [6, 6.07) is 13.8. The lowest BCUT2D eigenvalue weighted by atomic mass is 9.93. The summed E-state index contributed by atoms with van der Waals surface area (Å²) in [4.78, 5) is 3.85. The number of nitrogens with zero attached hydrogens (tertiary/aromatic N) is 5. The maximum absolute atomic E-state index is 14.7. The van der Waals surface area contributed by atoms with Crippen molar-refractivity contribution >= 4 is 16.6 Å². The Labute approximate surface area is 218 Å². The minimum absolute atomic E-state index is 0.118. The Bertz CT molecular complexity index is 1570. The quantitative estimate of drug-likeness (QED) is 0.254. The van der Waals surface area contributed by atoms with Gasteiger partial charge in [0.25, 0.3) is 0 Å². The fraction of sp³-hybridized carbons (Fsp3) is 0.192. The lowest BCUT2D eigenvalue weighted by Gasteiger charge is -2.28. The number of rotatable bonds is 9. The minimum atomic E-state index is -4.75. The van der Waals surface area contributed by atoms with Crippen molar-refractivity contribution in [1.82, 2.24) is 24.5 Å². The highest BCUT2D eigenvalue weighted by Gasteiger charge is 2.35. The first-order valence-electron chi connectivity index (χ1n) is 11.6. The second-order valence-corrected chi connectivity index (χ2v) is 8.89. The number of ether oxygens (including phenoxy) is 1. The van der Waals surface area contributed by atoms with Gasteiger partial charge in [0.2, 0.25) is 0 Å². The van der Waals surface area contributed by atoms with Gasteiger partial charge in [0.15, 0.2) is 0 Å². The molecule has 1 unspecified atom stereocenters. The van der Waals surface area contributed by atoms with Crippen LogP contribution in [0.4, 0.5) is 27.6 Å². The van der Waals surface area contributed by atoms with Gasteiger partial charge in [0.1, 0.15) is 35.6 Å². The smallest absolute Gasteiger partial charge is 0.406 e. The van der Waals surface area contributed by atoms with E-state index in [1.54, 1.807) is 18.3 Å². The van der Waals surface area contributed by atoms with Gasteiger partial charge in [-0.05, 0) is 42.0 Å². The van der Waals surface area contributed by atoms with E-state index in [9.17, 15) is 27.1 Å². The lowest BCUT2D eigenvalue weighted by molar-refractivity contribution is -0.274. The molecule has 0 saturated carbocycles. The Morgan fingerprint density at radius 2 is 1.69 bits per heavy atom. The first-order chi connectivity index (χ1) is 18.6. The zero-order chi connectivity index (χ0) is 27.6. The zero-order valence-electron chi connectivity index (χ0n) is 20.1. The number of halogens is 5. The number of hydrogen-bond donors (Lipinski definition) is 2. The van der Waals surface area contributed by atoms with Crippen LogP contribution in [0.1, 0.15) is 11.1 Å². The third-order valence-electron chi connectivity index (χ3n) is 5.95. The highest BCUT2D eigenvalue weighted by atomic mass is 19.4. The average molecular weight is 544 g/mol. The van der Waals surface area contributed by atoms with E-state index in [0.717, 1.165) is 22.7 Å². The first kappa shape index (κ1) is 26.1. The number of hydrogen-bond acceptors (Lipinski definition) is 6. The number of aromatic nitrogens is 5. The summed E-state index contributed by atoms with van der Waals surface area (Å²) < 4.78 is 72.0. The normalized spacial score (nSPS) is 13.4. The molecule has 8 nitrogen and oxygen atoms in total. The van der Waals surface area contributed by atoms with E-state index in [1.807, 2.05) is 6.07 Å². The molecule has 13 heteroatoms. The number of benzene rings is 3. The molecular weight excluding hydrogens is 523 g/mol. The van der Waals surface area contributed by atoms with Crippen molar-refractivity contribution in [2.75, 3.05) is 5.32 Å². The Balaban J connectivity index is 1.33. The van der Waals surface area contributed by atoms with Crippen LogP contribution in [0.5, 0.6) is 5.75 Å². The van der Waals surface area contributed by atoms with Gasteiger partial charge in [-0.1, -0.05) is 18.2 Å². The number of aliphatic hydroxyl groups is 1. The van der Waals surface area contributed by atoms with Crippen molar-refractivity contribution in [3.63, 3.8) is 0 Å². The molecule has 2 aromatic heterocycles. The Morgan fingerprint density at radius 1 is 0.923 bits per heavy atom. The van der Waals surface area contributed by atoms with Crippen molar-refractivity contribution in [3.05, 3.63) is 102 Å². The number of fused-ring (bicyclic) bond motifs is 1. The van der Waals surface area contributed by atoms with Gasteiger partial charge in [0.05, 0.1) is 18.6 Å². The molecule has 0 spiro atoms. The van der Waals surface area contributed by atoms with Crippen molar-refractivity contribution in [1.29, 1.82) is 0 Å². The highest BCUT2D eigenvalue weighted by molar-refractivity contribution is 5.82. The van der Waals surface area contributed by atoms with Crippen LogP contribution in [0.2, 0.25) is 0 Å².